The van der Waals surface area contributed by atoms with Crippen LogP contribution >= 0.6 is 0 Å². The number of Topliss-reactive ketones (excluding diaryl/α,β-unsaturated/α-hetero) is 1. The smallest absolute Gasteiger partial charge is 0.222 e. The van der Waals surface area contributed by atoms with Crippen LogP contribution in [0.15, 0.2) is 0 Å². The minimum atomic E-state index is 0.262. The molecule has 0 unspecified atom stereocenters. The van der Waals surface area contributed by atoms with Gasteiger partial charge in [-0.3, -0.25) is 9.59 Å². The zero-order valence-corrected chi connectivity index (χ0v) is 12.3. The van der Waals surface area contributed by atoms with Crippen molar-refractivity contribution in [3.63, 3.8) is 0 Å². The lowest BCUT2D eigenvalue weighted by Crippen LogP contribution is -2.26. The summed E-state index contributed by atoms with van der Waals surface area (Å²) in [5, 5.41) is 0. The molecular formula is C15H29NO2. The number of unbranched alkanes of at least 4 members (excludes halogenated alkanes) is 4. The molecular weight excluding hydrogens is 226 g/mol. The predicted octanol–water partition coefficient (Wildman–Crippen LogP) is 3.56. The van der Waals surface area contributed by atoms with Crippen molar-refractivity contribution in [2.75, 3.05) is 13.6 Å². The van der Waals surface area contributed by atoms with Crippen molar-refractivity contribution in [2.45, 2.75) is 71.6 Å². The SMILES string of the molecule is CCCN(C)C(=O)CCCCCCCC(=O)CC. The van der Waals surface area contributed by atoms with Crippen molar-refractivity contribution < 1.29 is 9.59 Å². The van der Waals surface area contributed by atoms with Crippen molar-refractivity contribution in [3.05, 3.63) is 0 Å². The molecule has 0 aliphatic rings. The Bertz CT molecular complexity index is 239. The summed E-state index contributed by atoms with van der Waals surface area (Å²) in [6, 6.07) is 0. The van der Waals surface area contributed by atoms with Crippen molar-refractivity contribution >= 4 is 11.7 Å². The lowest BCUT2D eigenvalue weighted by Gasteiger charge is -2.15. The molecule has 0 radical (unpaired) electrons. The van der Waals surface area contributed by atoms with Crippen molar-refractivity contribution in [2.24, 2.45) is 0 Å². The summed E-state index contributed by atoms with van der Waals surface area (Å²) in [7, 11) is 1.88. The van der Waals surface area contributed by atoms with Crippen LogP contribution in [0.5, 0.6) is 0 Å². The summed E-state index contributed by atoms with van der Waals surface area (Å²) in [6.45, 7) is 4.86. The summed E-state index contributed by atoms with van der Waals surface area (Å²) in [6.07, 6.45) is 8.44. The summed E-state index contributed by atoms with van der Waals surface area (Å²) < 4.78 is 0. The van der Waals surface area contributed by atoms with Crippen LogP contribution in [0.4, 0.5) is 0 Å². The molecule has 18 heavy (non-hydrogen) atoms. The fourth-order valence-electron chi connectivity index (χ4n) is 1.96. The maximum absolute atomic E-state index is 11.6. The van der Waals surface area contributed by atoms with E-state index in [1.165, 1.54) is 0 Å². The third-order valence-electron chi connectivity index (χ3n) is 3.23. The molecule has 0 fully saturated rings. The minimum absolute atomic E-state index is 0.262. The number of hydrogen-bond donors (Lipinski definition) is 0. The fourth-order valence-corrected chi connectivity index (χ4v) is 1.96. The molecule has 3 nitrogen and oxygen atoms in total. The second-order valence-electron chi connectivity index (χ2n) is 4.98. The molecule has 3 heteroatoms. The Morgan fingerprint density at radius 1 is 0.889 bits per heavy atom. The van der Waals surface area contributed by atoms with Gasteiger partial charge in [0.05, 0.1) is 0 Å². The van der Waals surface area contributed by atoms with Gasteiger partial charge in [0.1, 0.15) is 5.78 Å². The molecule has 0 bridgehead atoms. The first kappa shape index (κ1) is 17.1. The molecule has 1 amide bonds. The number of rotatable bonds is 11. The van der Waals surface area contributed by atoms with Crippen LogP contribution in [-0.2, 0) is 9.59 Å². The Morgan fingerprint density at radius 2 is 1.44 bits per heavy atom. The second-order valence-corrected chi connectivity index (χ2v) is 4.98. The van der Waals surface area contributed by atoms with E-state index < -0.39 is 0 Å². The first-order valence-corrected chi connectivity index (χ1v) is 7.37. The molecule has 0 aliphatic carbocycles. The average molecular weight is 255 g/mol. The van der Waals surface area contributed by atoms with Gasteiger partial charge in [0.25, 0.3) is 0 Å². The standard InChI is InChI=1S/C15H29NO2/c1-4-13-16(3)15(18)12-10-8-6-7-9-11-14(17)5-2/h4-13H2,1-3H3. The average Bonchev–Trinajstić information content (AvgIpc) is 2.37. The first-order chi connectivity index (χ1) is 8.61. The number of nitrogens with zero attached hydrogens (tertiary/aromatic N) is 1. The Morgan fingerprint density at radius 3 is 2.00 bits per heavy atom. The summed E-state index contributed by atoms with van der Waals surface area (Å²) >= 11 is 0. The molecule has 0 aliphatic heterocycles. The lowest BCUT2D eigenvalue weighted by molar-refractivity contribution is -0.130. The van der Waals surface area contributed by atoms with Gasteiger partial charge in [-0.25, -0.2) is 0 Å². The van der Waals surface area contributed by atoms with E-state index in [4.69, 9.17) is 0 Å². The van der Waals surface area contributed by atoms with Gasteiger partial charge in [-0.05, 0) is 19.3 Å². The van der Waals surface area contributed by atoms with Crippen LogP contribution in [0.2, 0.25) is 0 Å². The molecule has 0 atom stereocenters. The summed E-state index contributed by atoms with van der Waals surface area (Å²) in [4.78, 5) is 24.5. The molecule has 0 aromatic heterocycles. The first-order valence-electron chi connectivity index (χ1n) is 7.37. The number of carbonyl (C=O) groups excluding carboxylic acids is 2. The van der Waals surface area contributed by atoms with Crippen LogP contribution in [0.1, 0.15) is 71.6 Å². The fraction of sp³-hybridized carbons (Fsp3) is 0.867. The van der Waals surface area contributed by atoms with Crippen LogP contribution in [0.25, 0.3) is 0 Å². The highest BCUT2D eigenvalue weighted by Gasteiger charge is 2.06. The van der Waals surface area contributed by atoms with E-state index in [0.717, 1.165) is 51.5 Å². The van der Waals surface area contributed by atoms with Gasteiger partial charge in [-0.2, -0.15) is 0 Å². The molecule has 0 saturated heterocycles. The lowest BCUT2D eigenvalue weighted by atomic mass is 10.1. The monoisotopic (exact) mass is 255 g/mol. The van der Waals surface area contributed by atoms with Crippen molar-refractivity contribution in [1.29, 1.82) is 0 Å². The van der Waals surface area contributed by atoms with E-state index in [9.17, 15) is 9.59 Å². The molecule has 0 aromatic rings. The highest BCUT2D eigenvalue weighted by atomic mass is 16.2. The van der Waals surface area contributed by atoms with E-state index in [0.29, 0.717) is 18.6 Å². The van der Waals surface area contributed by atoms with Gasteiger partial charge in [0, 0.05) is 32.9 Å². The Labute approximate surface area is 112 Å². The maximum Gasteiger partial charge on any atom is 0.222 e. The number of ketones is 1. The molecule has 0 aromatic carbocycles. The van der Waals surface area contributed by atoms with Crippen molar-refractivity contribution in [3.8, 4) is 0 Å². The van der Waals surface area contributed by atoms with Gasteiger partial charge >= 0.3 is 0 Å². The Hall–Kier alpha value is -0.860. The zero-order valence-electron chi connectivity index (χ0n) is 12.3. The van der Waals surface area contributed by atoms with E-state index in [-0.39, 0.29) is 5.91 Å². The van der Waals surface area contributed by atoms with Gasteiger partial charge in [-0.15, -0.1) is 0 Å². The highest BCUT2D eigenvalue weighted by molar-refractivity contribution is 5.77. The number of carbonyl (C=O) groups is 2. The summed E-state index contributed by atoms with van der Waals surface area (Å²) in [5.41, 5.74) is 0. The van der Waals surface area contributed by atoms with Crippen molar-refractivity contribution in [1.82, 2.24) is 4.90 Å². The third kappa shape index (κ3) is 9.20. The van der Waals surface area contributed by atoms with Crippen LogP contribution in [0, 0.1) is 0 Å². The predicted molar refractivity (Wildman–Crippen MR) is 75.5 cm³/mol. The maximum atomic E-state index is 11.6. The minimum Gasteiger partial charge on any atom is -0.346 e. The summed E-state index contributed by atoms with van der Waals surface area (Å²) in [5.74, 6) is 0.629. The van der Waals surface area contributed by atoms with Crippen LogP contribution in [-0.4, -0.2) is 30.2 Å². The van der Waals surface area contributed by atoms with Gasteiger partial charge in [0.15, 0.2) is 0 Å². The van der Waals surface area contributed by atoms with E-state index in [2.05, 4.69) is 6.92 Å². The topological polar surface area (TPSA) is 37.4 Å². The van der Waals surface area contributed by atoms with E-state index in [1.54, 1.807) is 0 Å². The largest absolute Gasteiger partial charge is 0.346 e. The molecule has 0 spiro atoms. The number of amides is 1. The van der Waals surface area contributed by atoms with Gasteiger partial charge < -0.3 is 4.90 Å². The van der Waals surface area contributed by atoms with E-state index >= 15 is 0 Å². The highest BCUT2D eigenvalue weighted by Crippen LogP contribution is 2.09. The van der Waals surface area contributed by atoms with Crippen LogP contribution < -0.4 is 0 Å². The molecule has 0 N–H and O–H groups in total. The quantitative estimate of drug-likeness (QED) is 0.529. The Balaban J connectivity index is 3.35. The van der Waals surface area contributed by atoms with Gasteiger partial charge in [0.2, 0.25) is 5.91 Å². The zero-order chi connectivity index (χ0) is 13.8. The third-order valence-corrected chi connectivity index (χ3v) is 3.23. The molecule has 106 valence electrons. The normalized spacial score (nSPS) is 10.4. The Kier molecular flexibility index (Phi) is 10.7. The second kappa shape index (κ2) is 11.2. The molecule has 0 rings (SSSR count). The molecule has 0 heterocycles. The van der Waals surface area contributed by atoms with Crippen LogP contribution in [0.3, 0.4) is 0 Å². The number of hydrogen-bond acceptors (Lipinski definition) is 2. The molecule has 0 saturated carbocycles. The van der Waals surface area contributed by atoms with E-state index in [1.807, 2.05) is 18.9 Å². The van der Waals surface area contributed by atoms with Gasteiger partial charge in [-0.1, -0.05) is 33.1 Å².